The van der Waals surface area contributed by atoms with Gasteiger partial charge in [-0.1, -0.05) is 6.07 Å². The second kappa shape index (κ2) is 3.90. The van der Waals surface area contributed by atoms with Gasteiger partial charge >= 0.3 is 14.2 Å². The molecule has 62 valence electrons. The topological polar surface area (TPSA) is 76.5 Å². The summed E-state index contributed by atoms with van der Waals surface area (Å²) in [5.74, 6) is -0.904. The lowest BCUT2D eigenvalue weighted by Gasteiger charge is -1.88. The van der Waals surface area contributed by atoms with Crippen molar-refractivity contribution in [3.8, 4) is 0 Å². The fourth-order valence-corrected chi connectivity index (χ4v) is 0.837. The molecule has 1 unspecified atom stereocenters. The van der Waals surface area contributed by atoms with E-state index in [-0.39, 0.29) is 5.69 Å². The lowest BCUT2D eigenvalue weighted by molar-refractivity contribution is 0.0724. The number of aromatic nitrogens is 1. The molecule has 0 aliphatic rings. The molecule has 0 spiro atoms. The fraction of sp³-hybridized carbons (Fsp3) is 0. The minimum absolute atomic E-state index is 0.00917. The van der Waals surface area contributed by atoms with Crippen molar-refractivity contribution in [2.45, 2.75) is 0 Å². The Hall–Kier alpha value is -1.32. The Labute approximate surface area is 69.0 Å². The number of rotatable bonds is 2. The minimum Gasteiger partial charge on any atom is -0.249 e. The molecule has 0 aromatic carbocycles. The van der Waals surface area contributed by atoms with Crippen LogP contribution in [0.2, 0.25) is 0 Å². The fourth-order valence-electron chi connectivity index (χ4n) is 0.601. The Kier molecular flexibility index (Phi) is 2.85. The molecular formula is C6H5NO4P+. The molecule has 6 heteroatoms. The molecule has 5 nitrogen and oxygen atoms in total. The highest BCUT2D eigenvalue weighted by Crippen LogP contribution is 2.16. The van der Waals surface area contributed by atoms with Gasteiger partial charge in [0.05, 0.1) is 0 Å². The van der Waals surface area contributed by atoms with Crippen LogP contribution in [0.15, 0.2) is 24.4 Å². The zero-order valence-corrected chi connectivity index (χ0v) is 6.77. The predicted molar refractivity (Wildman–Crippen MR) is 39.5 cm³/mol. The third-order valence-corrected chi connectivity index (χ3v) is 1.36. The molecular weight excluding hydrogens is 181 g/mol. The highest BCUT2D eigenvalue weighted by atomic mass is 31.1. The third-order valence-electron chi connectivity index (χ3n) is 1.04. The minimum atomic E-state index is -2.90. The van der Waals surface area contributed by atoms with E-state index < -0.39 is 14.2 Å². The van der Waals surface area contributed by atoms with Crippen molar-refractivity contribution in [1.82, 2.24) is 4.98 Å². The Morgan fingerprint density at radius 1 is 1.58 bits per heavy atom. The second-order valence-electron chi connectivity index (χ2n) is 1.83. The van der Waals surface area contributed by atoms with Gasteiger partial charge in [0, 0.05) is 10.8 Å². The van der Waals surface area contributed by atoms with Crippen molar-refractivity contribution in [1.29, 1.82) is 0 Å². The van der Waals surface area contributed by atoms with Crippen LogP contribution in [0, 0.1) is 0 Å². The Balaban J connectivity index is 2.73. The summed E-state index contributed by atoms with van der Waals surface area (Å²) in [7, 11) is -2.90. The number of hydrogen-bond acceptors (Lipinski definition) is 4. The standard InChI is InChI=1S/C6H4NO4P/c8-6(11-12(9)10)5-3-1-2-4-7-5/h1-4H/p+1. The zero-order chi connectivity index (χ0) is 8.97. The molecule has 0 aliphatic heterocycles. The SMILES string of the molecule is O=C(O[P+](=O)O)c1ccccn1. The van der Waals surface area contributed by atoms with Gasteiger partial charge in [-0.25, -0.2) is 9.78 Å². The molecule has 1 aromatic rings. The molecule has 0 bridgehead atoms. The molecule has 0 amide bonds. The summed E-state index contributed by atoms with van der Waals surface area (Å²) in [6, 6.07) is 4.59. The number of pyridine rings is 1. The highest BCUT2D eigenvalue weighted by Gasteiger charge is 2.22. The number of hydrogen-bond donors (Lipinski definition) is 1. The van der Waals surface area contributed by atoms with E-state index in [1.807, 2.05) is 0 Å². The zero-order valence-electron chi connectivity index (χ0n) is 5.88. The van der Waals surface area contributed by atoms with Crippen molar-refractivity contribution >= 4 is 14.2 Å². The molecule has 1 rings (SSSR count). The van der Waals surface area contributed by atoms with Crippen LogP contribution in [0.5, 0.6) is 0 Å². The smallest absolute Gasteiger partial charge is 0.249 e. The molecule has 0 saturated heterocycles. The van der Waals surface area contributed by atoms with E-state index in [9.17, 15) is 9.36 Å². The van der Waals surface area contributed by atoms with Crippen LogP contribution in [0.1, 0.15) is 10.5 Å². The first-order valence-electron chi connectivity index (χ1n) is 2.99. The van der Waals surface area contributed by atoms with E-state index >= 15 is 0 Å². The van der Waals surface area contributed by atoms with Crippen molar-refractivity contribution < 1.29 is 18.8 Å². The summed E-state index contributed by atoms with van der Waals surface area (Å²) in [5.41, 5.74) is 0.00917. The molecule has 1 aromatic heterocycles. The quantitative estimate of drug-likeness (QED) is 0.694. The summed E-state index contributed by atoms with van der Waals surface area (Å²) in [6.07, 6.45) is 1.39. The van der Waals surface area contributed by atoms with E-state index in [1.165, 1.54) is 12.3 Å². The third kappa shape index (κ3) is 2.38. The van der Waals surface area contributed by atoms with Gasteiger partial charge in [0.15, 0.2) is 5.69 Å². The maximum atomic E-state index is 10.8. The maximum absolute atomic E-state index is 10.8. The Morgan fingerprint density at radius 3 is 2.83 bits per heavy atom. The van der Waals surface area contributed by atoms with Crippen LogP contribution >= 0.6 is 8.25 Å². The van der Waals surface area contributed by atoms with Gasteiger partial charge in [-0.05, 0) is 12.1 Å². The van der Waals surface area contributed by atoms with Crippen molar-refractivity contribution in [2.24, 2.45) is 0 Å². The first kappa shape index (κ1) is 8.77. The molecule has 12 heavy (non-hydrogen) atoms. The number of carbonyl (C=O) groups is 1. The number of carbonyl (C=O) groups excluding carboxylic acids is 1. The Bertz CT molecular complexity index is 300. The number of nitrogens with zero attached hydrogens (tertiary/aromatic N) is 1. The lowest BCUT2D eigenvalue weighted by Crippen LogP contribution is -2.01. The van der Waals surface area contributed by atoms with E-state index in [2.05, 4.69) is 9.51 Å². The van der Waals surface area contributed by atoms with Crippen LogP contribution in [0.3, 0.4) is 0 Å². The van der Waals surface area contributed by atoms with E-state index in [4.69, 9.17) is 4.89 Å². The van der Waals surface area contributed by atoms with Crippen molar-refractivity contribution in [3.05, 3.63) is 30.1 Å². The average molecular weight is 186 g/mol. The molecule has 0 fully saturated rings. The maximum Gasteiger partial charge on any atom is 0.750 e. The first-order chi connectivity index (χ1) is 5.70. The summed E-state index contributed by atoms with van der Waals surface area (Å²) in [4.78, 5) is 22.7. The summed E-state index contributed by atoms with van der Waals surface area (Å²) < 4.78 is 14.1. The summed E-state index contributed by atoms with van der Waals surface area (Å²) in [5, 5.41) is 0. The normalized spacial score (nSPS) is 10.6. The Morgan fingerprint density at radius 2 is 2.33 bits per heavy atom. The second-order valence-corrected chi connectivity index (χ2v) is 2.49. The largest absolute Gasteiger partial charge is 0.750 e. The van der Waals surface area contributed by atoms with E-state index in [1.54, 1.807) is 12.1 Å². The molecule has 1 heterocycles. The first-order valence-corrected chi connectivity index (χ1v) is 4.12. The van der Waals surface area contributed by atoms with Crippen molar-refractivity contribution in [3.63, 3.8) is 0 Å². The van der Waals surface area contributed by atoms with Crippen LogP contribution in [-0.4, -0.2) is 15.8 Å². The van der Waals surface area contributed by atoms with Gasteiger partial charge in [0.2, 0.25) is 0 Å². The van der Waals surface area contributed by atoms with Gasteiger partial charge in [0.25, 0.3) is 0 Å². The average Bonchev–Trinajstić information content (AvgIpc) is 2.05. The van der Waals surface area contributed by atoms with Crippen LogP contribution in [0.4, 0.5) is 0 Å². The molecule has 0 aliphatic carbocycles. The van der Waals surface area contributed by atoms with Gasteiger partial charge in [-0.2, -0.15) is 4.52 Å². The van der Waals surface area contributed by atoms with Crippen molar-refractivity contribution in [2.75, 3.05) is 0 Å². The van der Waals surface area contributed by atoms with E-state index in [0.29, 0.717) is 0 Å². The lowest BCUT2D eigenvalue weighted by atomic mass is 10.4. The molecule has 0 radical (unpaired) electrons. The van der Waals surface area contributed by atoms with Gasteiger partial charge in [-0.3, -0.25) is 0 Å². The predicted octanol–water partition coefficient (Wildman–Crippen LogP) is 0.888. The van der Waals surface area contributed by atoms with E-state index in [0.717, 1.165) is 0 Å². The van der Waals surface area contributed by atoms with Crippen LogP contribution in [-0.2, 0) is 9.09 Å². The molecule has 0 saturated carbocycles. The van der Waals surface area contributed by atoms with Gasteiger partial charge in [0.1, 0.15) is 0 Å². The summed E-state index contributed by atoms with van der Waals surface area (Å²) in [6.45, 7) is 0. The van der Waals surface area contributed by atoms with Crippen LogP contribution in [0.25, 0.3) is 0 Å². The molecule has 1 N–H and O–H groups in total. The van der Waals surface area contributed by atoms with Crippen LogP contribution < -0.4 is 0 Å². The highest BCUT2D eigenvalue weighted by molar-refractivity contribution is 7.32. The summed E-state index contributed by atoms with van der Waals surface area (Å²) >= 11 is 0. The van der Waals surface area contributed by atoms with Gasteiger partial charge < -0.3 is 0 Å². The monoisotopic (exact) mass is 186 g/mol. The molecule has 1 atom stereocenters. The van der Waals surface area contributed by atoms with Gasteiger partial charge in [-0.15, -0.1) is 4.89 Å².